The van der Waals surface area contributed by atoms with Crippen LogP contribution in [-0.2, 0) is 4.79 Å². The van der Waals surface area contributed by atoms with Crippen molar-refractivity contribution in [2.75, 3.05) is 26.2 Å². The quantitative estimate of drug-likeness (QED) is 0.878. The summed E-state index contributed by atoms with van der Waals surface area (Å²) in [6, 6.07) is 7.43. The van der Waals surface area contributed by atoms with Crippen molar-refractivity contribution < 1.29 is 9.53 Å². The standard InChI is InChI=1S/C16H23ClN2O2/c1-2-11-19(14-7-9-18-10-8-14)16(20)12-21-15-5-3-13(17)4-6-15/h3-6,14,18H,2,7-12H2,1H3. The van der Waals surface area contributed by atoms with Crippen LogP contribution in [0.4, 0.5) is 0 Å². The van der Waals surface area contributed by atoms with E-state index in [4.69, 9.17) is 16.3 Å². The number of amides is 1. The number of carbonyl (C=O) groups is 1. The number of benzene rings is 1. The Hall–Kier alpha value is -1.26. The SMILES string of the molecule is CCCN(C(=O)COc1ccc(Cl)cc1)C1CCNCC1. The molecule has 0 aliphatic carbocycles. The van der Waals surface area contributed by atoms with E-state index in [2.05, 4.69) is 12.2 Å². The number of piperidine rings is 1. The van der Waals surface area contributed by atoms with Gasteiger partial charge in [0, 0.05) is 17.6 Å². The second kappa shape index (κ2) is 8.25. The molecule has 0 bridgehead atoms. The molecule has 2 rings (SSSR count). The molecule has 1 N–H and O–H groups in total. The minimum atomic E-state index is 0.0682. The van der Waals surface area contributed by atoms with Crippen molar-refractivity contribution in [2.24, 2.45) is 0 Å². The molecular weight excluding hydrogens is 288 g/mol. The third-order valence-corrected chi connectivity index (χ3v) is 3.96. The van der Waals surface area contributed by atoms with Gasteiger partial charge in [-0.2, -0.15) is 0 Å². The topological polar surface area (TPSA) is 41.6 Å². The van der Waals surface area contributed by atoms with E-state index in [-0.39, 0.29) is 12.5 Å². The molecule has 1 aliphatic heterocycles. The van der Waals surface area contributed by atoms with E-state index in [1.54, 1.807) is 24.3 Å². The third-order valence-electron chi connectivity index (χ3n) is 3.71. The molecule has 1 aromatic rings. The first-order valence-corrected chi connectivity index (χ1v) is 7.97. The van der Waals surface area contributed by atoms with Gasteiger partial charge in [-0.25, -0.2) is 0 Å². The number of hydrogen-bond acceptors (Lipinski definition) is 3. The zero-order chi connectivity index (χ0) is 15.1. The molecule has 0 saturated carbocycles. The maximum atomic E-state index is 12.4. The average Bonchev–Trinajstić information content (AvgIpc) is 2.52. The van der Waals surface area contributed by atoms with E-state index < -0.39 is 0 Å². The summed E-state index contributed by atoms with van der Waals surface area (Å²) in [5.74, 6) is 0.744. The minimum Gasteiger partial charge on any atom is -0.484 e. The van der Waals surface area contributed by atoms with Gasteiger partial charge in [-0.1, -0.05) is 18.5 Å². The molecule has 0 atom stereocenters. The molecule has 0 spiro atoms. The van der Waals surface area contributed by atoms with Gasteiger partial charge in [-0.05, 0) is 56.6 Å². The molecule has 1 amide bonds. The number of nitrogens with one attached hydrogen (secondary N) is 1. The highest BCUT2D eigenvalue weighted by molar-refractivity contribution is 6.30. The molecule has 1 aliphatic rings. The summed E-state index contributed by atoms with van der Waals surface area (Å²) in [6.45, 7) is 4.95. The van der Waals surface area contributed by atoms with Crippen LogP contribution in [0.1, 0.15) is 26.2 Å². The van der Waals surface area contributed by atoms with E-state index in [0.717, 1.165) is 38.9 Å². The van der Waals surface area contributed by atoms with Gasteiger partial charge in [0.15, 0.2) is 6.61 Å². The lowest BCUT2D eigenvalue weighted by atomic mass is 10.0. The van der Waals surface area contributed by atoms with Crippen molar-refractivity contribution in [2.45, 2.75) is 32.2 Å². The molecular formula is C16H23ClN2O2. The predicted octanol–water partition coefficient (Wildman–Crippen LogP) is 2.71. The molecule has 4 nitrogen and oxygen atoms in total. The summed E-state index contributed by atoms with van der Waals surface area (Å²) in [6.07, 6.45) is 3.01. The van der Waals surface area contributed by atoms with Crippen LogP contribution in [-0.4, -0.2) is 43.1 Å². The van der Waals surface area contributed by atoms with Crippen LogP contribution < -0.4 is 10.1 Å². The van der Waals surface area contributed by atoms with E-state index in [0.29, 0.717) is 16.8 Å². The van der Waals surface area contributed by atoms with Crippen molar-refractivity contribution in [3.8, 4) is 5.75 Å². The van der Waals surface area contributed by atoms with Crippen molar-refractivity contribution in [3.05, 3.63) is 29.3 Å². The van der Waals surface area contributed by atoms with Gasteiger partial charge >= 0.3 is 0 Å². The molecule has 116 valence electrons. The largest absolute Gasteiger partial charge is 0.484 e. The summed E-state index contributed by atoms with van der Waals surface area (Å²) in [5.41, 5.74) is 0. The second-order valence-electron chi connectivity index (χ2n) is 5.31. The van der Waals surface area contributed by atoms with Crippen molar-refractivity contribution >= 4 is 17.5 Å². The van der Waals surface area contributed by atoms with E-state index in [1.165, 1.54) is 0 Å². The van der Waals surface area contributed by atoms with Crippen LogP contribution in [0, 0.1) is 0 Å². The van der Waals surface area contributed by atoms with Crippen LogP contribution in [0.2, 0.25) is 5.02 Å². The first kappa shape index (κ1) is 16.1. The van der Waals surface area contributed by atoms with Crippen molar-refractivity contribution in [1.82, 2.24) is 10.2 Å². The number of ether oxygens (including phenoxy) is 1. The predicted molar refractivity (Wildman–Crippen MR) is 84.8 cm³/mol. The number of halogens is 1. The molecule has 0 aromatic heterocycles. The smallest absolute Gasteiger partial charge is 0.260 e. The average molecular weight is 311 g/mol. The maximum Gasteiger partial charge on any atom is 0.260 e. The minimum absolute atomic E-state index is 0.0682. The summed E-state index contributed by atoms with van der Waals surface area (Å²) >= 11 is 5.83. The zero-order valence-electron chi connectivity index (χ0n) is 12.5. The Morgan fingerprint density at radius 1 is 1.33 bits per heavy atom. The Morgan fingerprint density at radius 2 is 2.00 bits per heavy atom. The lowest BCUT2D eigenvalue weighted by Gasteiger charge is -2.34. The fraction of sp³-hybridized carbons (Fsp3) is 0.562. The van der Waals surface area contributed by atoms with E-state index in [1.807, 2.05) is 4.90 Å². The zero-order valence-corrected chi connectivity index (χ0v) is 13.2. The highest BCUT2D eigenvalue weighted by Crippen LogP contribution is 2.17. The normalized spacial score (nSPS) is 15.7. The lowest BCUT2D eigenvalue weighted by Crippen LogP contribution is -2.48. The number of carbonyl (C=O) groups excluding carboxylic acids is 1. The summed E-state index contributed by atoms with van der Waals surface area (Å²) < 4.78 is 5.58. The number of rotatable bonds is 6. The van der Waals surface area contributed by atoms with Crippen LogP contribution in [0.3, 0.4) is 0 Å². The van der Waals surface area contributed by atoms with E-state index >= 15 is 0 Å². The van der Waals surface area contributed by atoms with Gasteiger partial charge in [0.25, 0.3) is 5.91 Å². The molecule has 1 fully saturated rings. The first-order valence-electron chi connectivity index (χ1n) is 7.59. The van der Waals surface area contributed by atoms with Crippen molar-refractivity contribution in [1.29, 1.82) is 0 Å². The van der Waals surface area contributed by atoms with Crippen LogP contribution in [0.15, 0.2) is 24.3 Å². The molecule has 0 unspecified atom stereocenters. The molecule has 5 heteroatoms. The number of nitrogens with zero attached hydrogens (tertiary/aromatic N) is 1. The molecule has 1 saturated heterocycles. The summed E-state index contributed by atoms with van der Waals surface area (Å²) in [4.78, 5) is 14.4. The molecule has 21 heavy (non-hydrogen) atoms. The fourth-order valence-corrected chi connectivity index (χ4v) is 2.75. The maximum absolute atomic E-state index is 12.4. The van der Waals surface area contributed by atoms with Crippen LogP contribution >= 0.6 is 11.6 Å². The van der Waals surface area contributed by atoms with Gasteiger partial charge in [0.05, 0.1) is 0 Å². The Kier molecular flexibility index (Phi) is 6.33. The Labute approximate surface area is 131 Å². The summed E-state index contributed by atoms with van der Waals surface area (Å²) in [7, 11) is 0. The van der Waals surface area contributed by atoms with Crippen LogP contribution in [0.25, 0.3) is 0 Å². The Balaban J connectivity index is 1.89. The summed E-state index contributed by atoms with van der Waals surface area (Å²) in [5, 5.41) is 3.99. The first-order chi connectivity index (χ1) is 10.2. The molecule has 0 radical (unpaired) electrons. The molecule has 1 heterocycles. The second-order valence-corrected chi connectivity index (χ2v) is 5.75. The van der Waals surface area contributed by atoms with Gasteiger partial charge in [-0.3, -0.25) is 4.79 Å². The lowest BCUT2D eigenvalue weighted by molar-refractivity contribution is -0.136. The van der Waals surface area contributed by atoms with Gasteiger partial charge in [-0.15, -0.1) is 0 Å². The van der Waals surface area contributed by atoms with Crippen LogP contribution in [0.5, 0.6) is 5.75 Å². The molecule has 1 aromatic carbocycles. The van der Waals surface area contributed by atoms with E-state index in [9.17, 15) is 4.79 Å². The fourth-order valence-electron chi connectivity index (χ4n) is 2.63. The van der Waals surface area contributed by atoms with Gasteiger partial charge in [0.2, 0.25) is 0 Å². The van der Waals surface area contributed by atoms with Gasteiger partial charge < -0.3 is 15.0 Å². The number of hydrogen-bond donors (Lipinski definition) is 1. The highest BCUT2D eigenvalue weighted by atomic mass is 35.5. The highest BCUT2D eigenvalue weighted by Gasteiger charge is 2.24. The monoisotopic (exact) mass is 310 g/mol. The Bertz CT molecular complexity index is 444. The van der Waals surface area contributed by atoms with Crippen molar-refractivity contribution in [3.63, 3.8) is 0 Å². The van der Waals surface area contributed by atoms with Gasteiger partial charge in [0.1, 0.15) is 5.75 Å². The Morgan fingerprint density at radius 3 is 2.62 bits per heavy atom. The third kappa shape index (κ3) is 4.90.